The Morgan fingerprint density at radius 3 is 2.33 bits per heavy atom. The van der Waals surface area contributed by atoms with E-state index in [0.29, 0.717) is 35.5 Å². The number of carbonyl (C=O) groups is 1. The standard InChI is InChI=1S/C20H24F2N2O2S/c1-4-26-17-9-5-15(6-10-17)13-24(3)14(2)19(25)23-16-7-11-18(12-8-16)27-20(21)22/h5-12,14,20H,4,13H2,1-3H3,(H,23,25)/p+1/t14-/m0/s1. The Hall–Kier alpha value is -2.12. The highest BCUT2D eigenvalue weighted by Gasteiger charge is 2.22. The van der Waals surface area contributed by atoms with Gasteiger partial charge >= 0.3 is 0 Å². The van der Waals surface area contributed by atoms with E-state index in [1.54, 1.807) is 24.3 Å². The van der Waals surface area contributed by atoms with Gasteiger partial charge in [-0.15, -0.1) is 0 Å². The fraction of sp³-hybridized carbons (Fsp3) is 0.350. The first-order valence-electron chi connectivity index (χ1n) is 8.78. The first kappa shape index (κ1) is 21.2. The van der Waals surface area contributed by atoms with Crippen molar-refractivity contribution < 1.29 is 23.2 Å². The van der Waals surface area contributed by atoms with Gasteiger partial charge in [0.2, 0.25) is 0 Å². The number of hydrogen-bond acceptors (Lipinski definition) is 3. The van der Waals surface area contributed by atoms with Gasteiger partial charge in [-0.1, -0.05) is 11.8 Å². The highest BCUT2D eigenvalue weighted by Crippen LogP contribution is 2.26. The van der Waals surface area contributed by atoms with Gasteiger partial charge in [0.15, 0.2) is 6.04 Å². The van der Waals surface area contributed by atoms with Gasteiger partial charge in [-0.3, -0.25) is 4.79 Å². The number of anilines is 1. The van der Waals surface area contributed by atoms with Gasteiger partial charge in [-0.05, 0) is 62.4 Å². The summed E-state index contributed by atoms with van der Waals surface area (Å²) in [6.07, 6.45) is 0. The summed E-state index contributed by atoms with van der Waals surface area (Å²) in [5.41, 5.74) is 1.71. The molecule has 0 spiro atoms. The molecule has 27 heavy (non-hydrogen) atoms. The van der Waals surface area contributed by atoms with Crippen molar-refractivity contribution in [1.29, 1.82) is 0 Å². The van der Waals surface area contributed by atoms with E-state index in [4.69, 9.17) is 4.74 Å². The molecule has 0 radical (unpaired) electrons. The zero-order chi connectivity index (χ0) is 19.8. The number of hydrogen-bond donors (Lipinski definition) is 2. The number of benzene rings is 2. The number of rotatable bonds is 9. The molecule has 7 heteroatoms. The van der Waals surface area contributed by atoms with Crippen LogP contribution in [0.1, 0.15) is 19.4 Å². The van der Waals surface area contributed by atoms with Crippen LogP contribution in [0.4, 0.5) is 14.5 Å². The molecule has 0 bridgehead atoms. The van der Waals surface area contributed by atoms with Crippen molar-refractivity contribution in [3.8, 4) is 5.75 Å². The molecule has 0 aliphatic heterocycles. The Balaban J connectivity index is 1.89. The summed E-state index contributed by atoms with van der Waals surface area (Å²) >= 11 is 0.483. The summed E-state index contributed by atoms with van der Waals surface area (Å²) in [6.45, 7) is 5.13. The van der Waals surface area contributed by atoms with E-state index in [9.17, 15) is 13.6 Å². The van der Waals surface area contributed by atoms with Gasteiger partial charge in [0, 0.05) is 16.1 Å². The molecular formula is C20H25F2N2O2S+. The van der Waals surface area contributed by atoms with Crippen LogP contribution < -0.4 is 15.0 Å². The first-order chi connectivity index (χ1) is 12.9. The molecule has 0 aromatic heterocycles. The zero-order valence-electron chi connectivity index (χ0n) is 15.7. The topological polar surface area (TPSA) is 42.8 Å². The third-order valence-corrected chi connectivity index (χ3v) is 4.92. The quantitative estimate of drug-likeness (QED) is 0.639. The van der Waals surface area contributed by atoms with Gasteiger partial charge < -0.3 is 15.0 Å². The largest absolute Gasteiger partial charge is 0.494 e. The molecule has 2 atom stereocenters. The van der Waals surface area contributed by atoms with Gasteiger partial charge in [-0.25, -0.2) is 0 Å². The van der Waals surface area contributed by atoms with Crippen LogP contribution in [-0.2, 0) is 11.3 Å². The lowest BCUT2D eigenvalue weighted by Crippen LogP contribution is -3.12. The Kier molecular flexibility index (Phi) is 8.06. The predicted molar refractivity (Wildman–Crippen MR) is 105 cm³/mol. The zero-order valence-corrected chi connectivity index (χ0v) is 16.5. The second kappa shape index (κ2) is 10.3. The molecule has 1 unspecified atom stereocenters. The first-order valence-corrected chi connectivity index (χ1v) is 9.66. The molecule has 1 amide bonds. The molecule has 0 saturated heterocycles. The molecule has 0 aliphatic rings. The van der Waals surface area contributed by atoms with Gasteiger partial charge in [0.25, 0.3) is 11.7 Å². The Morgan fingerprint density at radius 2 is 1.78 bits per heavy atom. The number of quaternary nitrogens is 1. The van der Waals surface area contributed by atoms with Gasteiger partial charge in [0.1, 0.15) is 12.3 Å². The molecule has 146 valence electrons. The molecular weight excluding hydrogens is 370 g/mol. The number of likely N-dealkylation sites (N-methyl/N-ethyl adjacent to an activating group) is 1. The molecule has 2 aromatic rings. The molecule has 2 rings (SSSR count). The summed E-state index contributed by atoms with van der Waals surface area (Å²) in [5, 5.41) is 2.84. The monoisotopic (exact) mass is 395 g/mol. The molecule has 0 fully saturated rings. The lowest BCUT2D eigenvalue weighted by molar-refractivity contribution is -0.907. The minimum absolute atomic E-state index is 0.118. The van der Waals surface area contributed by atoms with Crippen LogP contribution in [-0.4, -0.2) is 31.4 Å². The summed E-state index contributed by atoms with van der Waals surface area (Å²) in [5.74, 6) is -1.74. The summed E-state index contributed by atoms with van der Waals surface area (Å²) < 4.78 is 30.1. The highest BCUT2D eigenvalue weighted by atomic mass is 32.2. The molecule has 2 aromatic carbocycles. The summed E-state index contributed by atoms with van der Waals surface area (Å²) in [7, 11) is 1.96. The second-order valence-electron chi connectivity index (χ2n) is 6.21. The van der Waals surface area contributed by atoms with Crippen LogP contribution in [0.5, 0.6) is 5.75 Å². The maximum Gasteiger partial charge on any atom is 0.288 e. The Morgan fingerprint density at radius 1 is 1.15 bits per heavy atom. The smallest absolute Gasteiger partial charge is 0.288 e. The second-order valence-corrected chi connectivity index (χ2v) is 7.28. The van der Waals surface area contributed by atoms with E-state index >= 15 is 0 Å². The van der Waals surface area contributed by atoms with Crippen LogP contribution in [0.3, 0.4) is 0 Å². The molecule has 2 N–H and O–H groups in total. The molecule has 0 heterocycles. The van der Waals surface area contributed by atoms with E-state index in [0.717, 1.165) is 16.2 Å². The lowest BCUT2D eigenvalue weighted by atomic mass is 10.1. The Labute approximate surface area is 162 Å². The highest BCUT2D eigenvalue weighted by molar-refractivity contribution is 7.99. The SMILES string of the molecule is CCOc1ccc(C[NH+](C)[C@@H](C)C(=O)Nc2ccc(SC(F)F)cc2)cc1. The molecule has 0 aliphatic carbocycles. The van der Waals surface area contributed by atoms with Crippen LogP contribution >= 0.6 is 11.8 Å². The minimum atomic E-state index is -2.45. The van der Waals surface area contributed by atoms with Crippen LogP contribution in [0.15, 0.2) is 53.4 Å². The van der Waals surface area contributed by atoms with Crippen molar-refractivity contribution in [2.24, 2.45) is 0 Å². The van der Waals surface area contributed by atoms with Crippen molar-refractivity contribution in [1.82, 2.24) is 0 Å². The van der Waals surface area contributed by atoms with E-state index < -0.39 is 5.76 Å². The van der Waals surface area contributed by atoms with Crippen LogP contribution in [0.2, 0.25) is 0 Å². The van der Waals surface area contributed by atoms with Crippen LogP contribution in [0.25, 0.3) is 0 Å². The molecule has 4 nitrogen and oxygen atoms in total. The number of carbonyl (C=O) groups excluding carboxylic acids is 1. The number of amides is 1. The van der Waals surface area contributed by atoms with E-state index in [1.165, 1.54) is 0 Å². The van der Waals surface area contributed by atoms with Gasteiger partial charge in [0.05, 0.1) is 13.7 Å². The predicted octanol–water partition coefficient (Wildman–Crippen LogP) is 3.44. The van der Waals surface area contributed by atoms with Crippen LogP contribution in [0, 0.1) is 0 Å². The third kappa shape index (κ3) is 6.84. The number of ether oxygens (including phenoxy) is 1. The fourth-order valence-electron chi connectivity index (χ4n) is 2.54. The van der Waals surface area contributed by atoms with Crippen molar-refractivity contribution >= 4 is 23.4 Å². The normalized spacial score (nSPS) is 13.3. The maximum atomic E-state index is 12.5. The van der Waals surface area contributed by atoms with Crippen molar-refractivity contribution in [3.63, 3.8) is 0 Å². The van der Waals surface area contributed by atoms with Crippen molar-refractivity contribution in [2.75, 3.05) is 19.0 Å². The average molecular weight is 395 g/mol. The average Bonchev–Trinajstić information content (AvgIpc) is 2.64. The Bertz CT molecular complexity index is 724. The number of nitrogens with one attached hydrogen (secondary N) is 2. The minimum Gasteiger partial charge on any atom is -0.494 e. The number of halogens is 2. The van der Waals surface area contributed by atoms with Crippen molar-refractivity contribution in [2.45, 2.75) is 37.1 Å². The fourth-order valence-corrected chi connectivity index (χ4v) is 3.04. The van der Waals surface area contributed by atoms with E-state index in [2.05, 4.69) is 5.32 Å². The van der Waals surface area contributed by atoms with E-state index in [-0.39, 0.29) is 11.9 Å². The lowest BCUT2D eigenvalue weighted by Gasteiger charge is -2.21. The molecule has 0 saturated carbocycles. The third-order valence-electron chi connectivity index (χ3n) is 4.20. The summed E-state index contributed by atoms with van der Waals surface area (Å²) in [4.78, 5) is 14.0. The van der Waals surface area contributed by atoms with E-state index in [1.807, 2.05) is 45.2 Å². The summed E-state index contributed by atoms with van der Waals surface area (Å²) in [6, 6.07) is 14.0. The number of thioether (sulfide) groups is 1. The van der Waals surface area contributed by atoms with Gasteiger partial charge in [-0.2, -0.15) is 8.78 Å². The maximum absolute atomic E-state index is 12.5. The number of alkyl halides is 2. The van der Waals surface area contributed by atoms with Crippen molar-refractivity contribution in [3.05, 3.63) is 54.1 Å².